The fourth-order valence-corrected chi connectivity index (χ4v) is 3.92. The highest BCUT2D eigenvalue weighted by atomic mass is 32.1. The zero-order valence-electron chi connectivity index (χ0n) is 11.9. The van der Waals surface area contributed by atoms with Gasteiger partial charge in [-0.2, -0.15) is 0 Å². The second-order valence-electron chi connectivity index (χ2n) is 5.74. The van der Waals surface area contributed by atoms with Gasteiger partial charge in [-0.25, -0.2) is 4.98 Å². The molecule has 2 aliphatic rings. The van der Waals surface area contributed by atoms with Gasteiger partial charge in [0.1, 0.15) is 0 Å². The zero-order valence-corrected chi connectivity index (χ0v) is 12.7. The number of nitrogens with one attached hydrogen (secondary N) is 1. The van der Waals surface area contributed by atoms with Crippen molar-refractivity contribution >= 4 is 27.5 Å². The lowest BCUT2D eigenvalue weighted by Crippen LogP contribution is -2.34. The topological polar surface area (TPSA) is 45.2 Å². The van der Waals surface area contributed by atoms with Crippen molar-refractivity contribution < 1.29 is 4.79 Å². The number of rotatable bonds is 2. The molecule has 108 valence electrons. The van der Waals surface area contributed by atoms with Crippen molar-refractivity contribution in [1.82, 2.24) is 15.2 Å². The number of thiazole rings is 1. The Hall–Kier alpha value is -1.72. The van der Waals surface area contributed by atoms with E-state index >= 15 is 0 Å². The van der Waals surface area contributed by atoms with E-state index < -0.39 is 0 Å². The van der Waals surface area contributed by atoms with Crippen LogP contribution in [0.25, 0.3) is 10.2 Å². The summed E-state index contributed by atoms with van der Waals surface area (Å²) >= 11 is 1.68. The molecule has 2 aromatic rings. The summed E-state index contributed by atoms with van der Waals surface area (Å²) in [5, 5.41) is 2.93. The van der Waals surface area contributed by atoms with Crippen LogP contribution in [-0.4, -0.2) is 35.4 Å². The molecule has 4 rings (SSSR count). The van der Waals surface area contributed by atoms with Crippen molar-refractivity contribution in [1.29, 1.82) is 0 Å². The third kappa shape index (κ3) is 2.17. The molecule has 21 heavy (non-hydrogen) atoms. The van der Waals surface area contributed by atoms with Crippen LogP contribution in [0.5, 0.6) is 0 Å². The Morgan fingerprint density at radius 3 is 3.24 bits per heavy atom. The Morgan fingerprint density at radius 2 is 2.33 bits per heavy atom. The fourth-order valence-electron chi connectivity index (χ4n) is 3.26. The predicted octanol–water partition coefficient (Wildman–Crippen LogP) is 2.49. The van der Waals surface area contributed by atoms with E-state index in [0.717, 1.165) is 37.1 Å². The van der Waals surface area contributed by atoms with Gasteiger partial charge < -0.3 is 5.32 Å². The minimum Gasteiger partial charge on any atom is -0.348 e. The lowest BCUT2D eigenvalue weighted by molar-refractivity contribution is -0.116. The van der Waals surface area contributed by atoms with Crippen LogP contribution in [0.3, 0.4) is 0 Å². The maximum Gasteiger partial charge on any atom is 0.247 e. The van der Waals surface area contributed by atoms with Crippen LogP contribution in [0, 0.1) is 0 Å². The Morgan fingerprint density at radius 1 is 1.43 bits per heavy atom. The molecule has 0 saturated heterocycles. The largest absolute Gasteiger partial charge is 0.348 e. The third-order valence-electron chi connectivity index (χ3n) is 4.59. The van der Waals surface area contributed by atoms with Gasteiger partial charge in [0.05, 0.1) is 15.7 Å². The van der Waals surface area contributed by atoms with E-state index in [2.05, 4.69) is 40.3 Å². The number of hydrogen-bond donors (Lipinski definition) is 1. The van der Waals surface area contributed by atoms with Crippen molar-refractivity contribution in [2.45, 2.75) is 19.4 Å². The molecular weight excluding hydrogens is 282 g/mol. The second-order valence-corrected chi connectivity index (χ2v) is 6.63. The van der Waals surface area contributed by atoms with Crippen LogP contribution in [-0.2, 0) is 4.79 Å². The van der Waals surface area contributed by atoms with E-state index in [0.29, 0.717) is 6.04 Å². The minimum absolute atomic E-state index is 0.140. The van der Waals surface area contributed by atoms with Crippen LogP contribution < -0.4 is 5.32 Å². The molecule has 5 heteroatoms. The van der Waals surface area contributed by atoms with Crippen LogP contribution in [0.15, 0.2) is 34.9 Å². The number of aromatic nitrogens is 1. The summed E-state index contributed by atoms with van der Waals surface area (Å²) in [7, 11) is 0. The summed E-state index contributed by atoms with van der Waals surface area (Å²) in [5.41, 5.74) is 6.57. The monoisotopic (exact) mass is 299 g/mol. The van der Waals surface area contributed by atoms with Gasteiger partial charge in [-0.1, -0.05) is 6.07 Å². The summed E-state index contributed by atoms with van der Waals surface area (Å²) in [5.74, 6) is 0.140. The molecule has 3 heterocycles. The van der Waals surface area contributed by atoms with E-state index in [1.54, 1.807) is 11.3 Å². The number of hydrogen-bond acceptors (Lipinski definition) is 4. The smallest absolute Gasteiger partial charge is 0.247 e. The highest BCUT2D eigenvalue weighted by Crippen LogP contribution is 2.30. The summed E-state index contributed by atoms with van der Waals surface area (Å²) in [6, 6.07) is 6.90. The predicted molar refractivity (Wildman–Crippen MR) is 84.3 cm³/mol. The van der Waals surface area contributed by atoms with Crippen LogP contribution in [0.2, 0.25) is 0 Å². The van der Waals surface area contributed by atoms with Gasteiger partial charge >= 0.3 is 0 Å². The third-order valence-corrected chi connectivity index (χ3v) is 5.40. The average Bonchev–Trinajstić information content (AvgIpc) is 3.12. The molecule has 0 fully saturated rings. The Balaban J connectivity index is 1.59. The molecule has 1 atom stereocenters. The van der Waals surface area contributed by atoms with Crippen LogP contribution >= 0.6 is 11.3 Å². The van der Waals surface area contributed by atoms with Gasteiger partial charge in [-0.3, -0.25) is 9.69 Å². The first kappa shape index (κ1) is 13.0. The molecule has 0 spiro atoms. The maximum atomic E-state index is 11.7. The molecule has 0 saturated carbocycles. The maximum absolute atomic E-state index is 11.7. The van der Waals surface area contributed by atoms with Crippen molar-refractivity contribution in [3.8, 4) is 0 Å². The molecule has 1 aromatic carbocycles. The van der Waals surface area contributed by atoms with Gasteiger partial charge in [0.15, 0.2) is 0 Å². The molecule has 1 N–H and O–H groups in total. The van der Waals surface area contributed by atoms with E-state index in [4.69, 9.17) is 0 Å². The first-order valence-electron chi connectivity index (χ1n) is 7.28. The van der Waals surface area contributed by atoms with Crippen LogP contribution in [0.4, 0.5) is 0 Å². The van der Waals surface area contributed by atoms with E-state index in [1.807, 2.05) is 5.51 Å². The average molecular weight is 299 g/mol. The van der Waals surface area contributed by atoms with Gasteiger partial charge in [-0.15, -0.1) is 11.3 Å². The van der Waals surface area contributed by atoms with E-state index in [-0.39, 0.29) is 5.91 Å². The molecule has 1 amide bonds. The molecule has 0 bridgehead atoms. The highest BCUT2D eigenvalue weighted by molar-refractivity contribution is 7.16. The van der Waals surface area contributed by atoms with Crippen molar-refractivity contribution in [3.05, 3.63) is 40.4 Å². The van der Waals surface area contributed by atoms with Gasteiger partial charge in [0.2, 0.25) is 5.91 Å². The number of carbonyl (C=O) groups excluding carboxylic acids is 1. The standard InChI is InChI=1S/C16H17N3OS/c1-10(11-2-3-15-14(6-11)18-9-21-15)19-5-4-13-12(8-19)7-17-16(13)20/h2-3,6,9-10H,4-5,7-8H2,1H3,(H,17,20). The van der Waals surface area contributed by atoms with Crippen LogP contribution in [0.1, 0.15) is 24.9 Å². The van der Waals surface area contributed by atoms with Gasteiger partial charge in [0, 0.05) is 31.2 Å². The van der Waals surface area contributed by atoms with E-state index in [1.165, 1.54) is 15.8 Å². The Bertz CT molecular complexity index is 749. The molecular formula is C16H17N3OS. The number of nitrogens with zero attached hydrogens (tertiary/aromatic N) is 2. The van der Waals surface area contributed by atoms with E-state index in [9.17, 15) is 4.79 Å². The minimum atomic E-state index is 0.140. The molecule has 0 radical (unpaired) electrons. The number of carbonyl (C=O) groups is 1. The second kappa shape index (κ2) is 4.93. The highest BCUT2D eigenvalue weighted by Gasteiger charge is 2.30. The van der Waals surface area contributed by atoms with Crippen molar-refractivity contribution in [2.75, 3.05) is 19.6 Å². The Kier molecular flexibility index (Phi) is 3.05. The molecule has 1 unspecified atom stereocenters. The summed E-state index contributed by atoms with van der Waals surface area (Å²) in [6.07, 6.45) is 0.866. The van der Waals surface area contributed by atoms with Gasteiger partial charge in [-0.05, 0) is 36.6 Å². The zero-order chi connectivity index (χ0) is 14.4. The number of benzene rings is 1. The number of fused-ring (bicyclic) bond motifs is 1. The molecule has 2 aliphatic heterocycles. The van der Waals surface area contributed by atoms with Gasteiger partial charge in [0.25, 0.3) is 0 Å². The molecule has 4 nitrogen and oxygen atoms in total. The quantitative estimate of drug-likeness (QED) is 0.926. The normalized spacial score (nSPS) is 20.7. The Labute approximate surface area is 127 Å². The first-order chi connectivity index (χ1) is 10.2. The summed E-state index contributed by atoms with van der Waals surface area (Å²) < 4.78 is 1.24. The van der Waals surface area contributed by atoms with Crippen molar-refractivity contribution in [2.24, 2.45) is 0 Å². The van der Waals surface area contributed by atoms with Crippen molar-refractivity contribution in [3.63, 3.8) is 0 Å². The lowest BCUT2D eigenvalue weighted by Gasteiger charge is -2.33. The fraction of sp³-hybridized carbons (Fsp3) is 0.375. The summed E-state index contributed by atoms with van der Waals surface area (Å²) in [6.45, 7) is 4.80. The summed E-state index contributed by atoms with van der Waals surface area (Å²) in [4.78, 5) is 18.5. The lowest BCUT2D eigenvalue weighted by atomic mass is 9.98. The molecule has 0 aliphatic carbocycles. The molecule has 1 aromatic heterocycles. The first-order valence-corrected chi connectivity index (χ1v) is 8.16. The SMILES string of the molecule is CC(c1ccc2scnc2c1)N1CCC2=C(CNC2=O)C1. The number of amides is 1.